The van der Waals surface area contributed by atoms with Crippen LogP contribution >= 0.6 is 0 Å². The van der Waals surface area contributed by atoms with Gasteiger partial charge in [0.2, 0.25) is 11.8 Å². The number of hydrogen-bond acceptors (Lipinski definition) is 6. The highest BCUT2D eigenvalue weighted by atomic mass is 16.5. The van der Waals surface area contributed by atoms with Crippen LogP contribution in [0.15, 0.2) is 67.3 Å². The highest BCUT2D eigenvalue weighted by Crippen LogP contribution is 2.29. The van der Waals surface area contributed by atoms with Gasteiger partial charge in [-0.2, -0.15) is 0 Å². The average Bonchev–Trinajstić information content (AvgIpc) is 2.97. The van der Waals surface area contributed by atoms with Gasteiger partial charge < -0.3 is 15.4 Å². The third-order valence-corrected chi connectivity index (χ3v) is 5.34. The third-order valence-electron chi connectivity index (χ3n) is 5.34. The van der Waals surface area contributed by atoms with Crippen LogP contribution in [0.3, 0.4) is 0 Å². The molecule has 1 aliphatic heterocycles. The number of amides is 2. The van der Waals surface area contributed by atoms with Crippen molar-refractivity contribution in [2.45, 2.75) is 25.8 Å². The van der Waals surface area contributed by atoms with E-state index >= 15 is 0 Å². The molecule has 0 saturated heterocycles. The van der Waals surface area contributed by atoms with Gasteiger partial charge in [0.05, 0.1) is 18.0 Å². The molecule has 0 unspecified atom stereocenters. The summed E-state index contributed by atoms with van der Waals surface area (Å²) in [6.07, 6.45) is 8.92. The number of ether oxygens (including phenoxy) is 1. The van der Waals surface area contributed by atoms with Crippen molar-refractivity contribution in [2.75, 3.05) is 30.3 Å². The third kappa shape index (κ3) is 6.85. The van der Waals surface area contributed by atoms with Gasteiger partial charge in [0.25, 0.3) is 0 Å². The molecule has 0 spiro atoms. The maximum absolute atomic E-state index is 11.8. The summed E-state index contributed by atoms with van der Waals surface area (Å²) in [5.41, 5.74) is 3.57. The molecule has 1 aliphatic rings. The number of nitrogens with zero attached hydrogens (tertiary/aromatic N) is 3. The van der Waals surface area contributed by atoms with Crippen LogP contribution in [-0.4, -0.2) is 46.4 Å². The van der Waals surface area contributed by atoms with Crippen LogP contribution < -0.4 is 15.4 Å². The number of carbonyl (C=O) groups is 2. The molecule has 33 heavy (non-hydrogen) atoms. The zero-order valence-electron chi connectivity index (χ0n) is 18.4. The standard InChI is InChI=1S/C25H27N5O3/c31-24-16-25(32)29-23-15-21(4-5-22(23)28-24)33-14-2-12-30(18-20-6-10-26-11-7-20)13-8-19-3-1-9-27-17-19/h1,3-7,9-11,15,17H,2,8,12-14,16,18H2,(H,28,31)(H,29,32). The van der Waals surface area contributed by atoms with E-state index < -0.39 is 0 Å². The molecule has 0 fully saturated rings. The quantitative estimate of drug-likeness (QED) is 0.367. The molecule has 0 aliphatic carbocycles. The maximum atomic E-state index is 11.8. The smallest absolute Gasteiger partial charge is 0.233 e. The summed E-state index contributed by atoms with van der Waals surface area (Å²) in [5.74, 6) is 0.00510. The predicted octanol–water partition coefficient (Wildman–Crippen LogP) is 3.27. The van der Waals surface area contributed by atoms with Crippen molar-refractivity contribution in [3.05, 3.63) is 78.4 Å². The Labute approximate surface area is 193 Å². The SMILES string of the molecule is O=C1CC(=O)Nc2cc(OCCCN(CCc3cccnc3)Cc3ccncc3)ccc2N1. The van der Waals surface area contributed by atoms with Gasteiger partial charge in [0.1, 0.15) is 12.2 Å². The van der Waals surface area contributed by atoms with Gasteiger partial charge in [-0.15, -0.1) is 0 Å². The Morgan fingerprint density at radius 2 is 1.70 bits per heavy atom. The number of pyridine rings is 2. The van der Waals surface area contributed by atoms with E-state index in [-0.39, 0.29) is 18.2 Å². The van der Waals surface area contributed by atoms with E-state index in [0.717, 1.165) is 32.5 Å². The molecule has 170 valence electrons. The summed E-state index contributed by atoms with van der Waals surface area (Å²) in [4.78, 5) is 34.2. The van der Waals surface area contributed by atoms with Crippen LogP contribution in [0.5, 0.6) is 5.75 Å². The normalized spacial score (nSPS) is 13.1. The molecular weight excluding hydrogens is 418 g/mol. The van der Waals surface area contributed by atoms with Crippen molar-refractivity contribution in [1.82, 2.24) is 14.9 Å². The van der Waals surface area contributed by atoms with E-state index in [4.69, 9.17) is 4.74 Å². The first-order valence-electron chi connectivity index (χ1n) is 11.0. The van der Waals surface area contributed by atoms with E-state index in [9.17, 15) is 9.59 Å². The minimum atomic E-state index is -0.330. The van der Waals surface area contributed by atoms with Crippen molar-refractivity contribution in [1.29, 1.82) is 0 Å². The largest absolute Gasteiger partial charge is 0.493 e. The Kier molecular flexibility index (Phi) is 7.60. The van der Waals surface area contributed by atoms with Gasteiger partial charge in [0, 0.05) is 50.5 Å². The summed E-state index contributed by atoms with van der Waals surface area (Å²) >= 11 is 0. The fourth-order valence-corrected chi connectivity index (χ4v) is 3.69. The van der Waals surface area contributed by atoms with Crippen LogP contribution in [0.2, 0.25) is 0 Å². The Morgan fingerprint density at radius 1 is 0.879 bits per heavy atom. The van der Waals surface area contributed by atoms with Crippen molar-refractivity contribution in [2.24, 2.45) is 0 Å². The molecule has 0 bridgehead atoms. The van der Waals surface area contributed by atoms with Crippen molar-refractivity contribution in [3.8, 4) is 5.75 Å². The second-order valence-electron chi connectivity index (χ2n) is 7.93. The summed E-state index contributed by atoms with van der Waals surface area (Å²) in [5, 5.41) is 5.46. The second-order valence-corrected chi connectivity index (χ2v) is 7.93. The number of aromatic nitrogens is 2. The predicted molar refractivity (Wildman–Crippen MR) is 126 cm³/mol. The van der Waals surface area contributed by atoms with E-state index in [1.807, 2.05) is 36.8 Å². The molecule has 2 amide bonds. The topological polar surface area (TPSA) is 96.5 Å². The number of carbonyl (C=O) groups excluding carboxylic acids is 2. The maximum Gasteiger partial charge on any atom is 0.233 e. The second kappa shape index (κ2) is 11.2. The number of fused-ring (bicyclic) bond motifs is 1. The minimum Gasteiger partial charge on any atom is -0.493 e. The highest BCUT2D eigenvalue weighted by Gasteiger charge is 2.18. The minimum absolute atomic E-state index is 0.183. The van der Waals surface area contributed by atoms with E-state index in [0.29, 0.717) is 23.7 Å². The number of rotatable bonds is 10. The number of benzene rings is 1. The fraction of sp³-hybridized carbons (Fsp3) is 0.280. The summed E-state index contributed by atoms with van der Waals surface area (Å²) in [7, 11) is 0. The number of hydrogen-bond donors (Lipinski definition) is 2. The van der Waals surface area contributed by atoms with Gasteiger partial charge in [0.15, 0.2) is 0 Å². The molecule has 4 rings (SSSR count). The van der Waals surface area contributed by atoms with Crippen LogP contribution in [0.4, 0.5) is 11.4 Å². The lowest BCUT2D eigenvalue weighted by molar-refractivity contribution is -0.123. The van der Waals surface area contributed by atoms with Gasteiger partial charge in [-0.3, -0.25) is 24.5 Å². The van der Waals surface area contributed by atoms with Crippen LogP contribution in [0.25, 0.3) is 0 Å². The molecule has 3 heterocycles. The zero-order valence-corrected chi connectivity index (χ0v) is 18.4. The van der Waals surface area contributed by atoms with E-state index in [1.54, 1.807) is 24.4 Å². The molecule has 0 radical (unpaired) electrons. The first-order chi connectivity index (χ1) is 16.2. The van der Waals surface area contributed by atoms with E-state index in [2.05, 4.69) is 31.6 Å². The van der Waals surface area contributed by atoms with Crippen molar-refractivity contribution < 1.29 is 14.3 Å². The van der Waals surface area contributed by atoms with Gasteiger partial charge in [-0.1, -0.05) is 6.07 Å². The van der Waals surface area contributed by atoms with Gasteiger partial charge in [-0.25, -0.2) is 0 Å². The Balaban J connectivity index is 1.31. The van der Waals surface area contributed by atoms with Gasteiger partial charge >= 0.3 is 0 Å². The van der Waals surface area contributed by atoms with Gasteiger partial charge in [-0.05, 0) is 54.3 Å². The van der Waals surface area contributed by atoms with Crippen LogP contribution in [-0.2, 0) is 22.6 Å². The average molecular weight is 446 g/mol. The van der Waals surface area contributed by atoms with Crippen molar-refractivity contribution in [3.63, 3.8) is 0 Å². The Morgan fingerprint density at radius 3 is 2.48 bits per heavy atom. The Bertz CT molecular complexity index is 1080. The lowest BCUT2D eigenvalue weighted by atomic mass is 10.2. The monoisotopic (exact) mass is 445 g/mol. The zero-order chi connectivity index (χ0) is 22.9. The summed E-state index contributed by atoms with van der Waals surface area (Å²) in [6.45, 7) is 3.17. The molecule has 2 N–H and O–H groups in total. The lowest BCUT2D eigenvalue weighted by Crippen LogP contribution is -2.28. The first kappa shape index (κ1) is 22.4. The molecule has 3 aromatic rings. The molecule has 8 heteroatoms. The molecule has 0 atom stereocenters. The number of anilines is 2. The Hall–Kier alpha value is -3.78. The fourth-order valence-electron chi connectivity index (χ4n) is 3.69. The molecule has 2 aromatic heterocycles. The number of nitrogens with one attached hydrogen (secondary N) is 2. The van der Waals surface area contributed by atoms with Crippen molar-refractivity contribution >= 4 is 23.2 Å². The molecular formula is C25H27N5O3. The summed E-state index contributed by atoms with van der Waals surface area (Å²) < 4.78 is 5.93. The van der Waals surface area contributed by atoms with E-state index in [1.165, 1.54) is 11.1 Å². The van der Waals surface area contributed by atoms with Crippen LogP contribution in [0, 0.1) is 0 Å². The highest BCUT2D eigenvalue weighted by molar-refractivity contribution is 6.13. The molecule has 0 saturated carbocycles. The molecule has 8 nitrogen and oxygen atoms in total. The first-order valence-corrected chi connectivity index (χ1v) is 11.0. The molecule has 1 aromatic carbocycles. The lowest BCUT2D eigenvalue weighted by Gasteiger charge is -2.22. The summed E-state index contributed by atoms with van der Waals surface area (Å²) in [6, 6.07) is 13.4. The van der Waals surface area contributed by atoms with Crippen LogP contribution in [0.1, 0.15) is 24.0 Å².